The third-order valence-electron chi connectivity index (χ3n) is 4.96. The van der Waals surface area contributed by atoms with Crippen LogP contribution in [0.4, 0.5) is 20.4 Å². The van der Waals surface area contributed by atoms with Gasteiger partial charge in [0.15, 0.2) is 0 Å². The molecule has 8 heteroatoms. The lowest BCUT2D eigenvalue weighted by Crippen LogP contribution is -2.24. The van der Waals surface area contributed by atoms with Crippen LogP contribution in [0.5, 0.6) is 0 Å². The van der Waals surface area contributed by atoms with Gasteiger partial charge in [-0.15, -0.1) is 0 Å². The molecule has 0 aliphatic heterocycles. The molecule has 0 spiro atoms. The van der Waals surface area contributed by atoms with Crippen molar-refractivity contribution in [1.29, 1.82) is 0 Å². The molecule has 3 aromatic carbocycles. The molecule has 0 fully saturated rings. The summed E-state index contributed by atoms with van der Waals surface area (Å²) in [7, 11) is 1.65. The number of nitrogens with one attached hydrogen (secondary N) is 1. The molecule has 0 bridgehead atoms. The van der Waals surface area contributed by atoms with Crippen molar-refractivity contribution in [2.45, 2.75) is 13.0 Å². The van der Waals surface area contributed by atoms with Crippen LogP contribution < -0.4 is 10.9 Å². The van der Waals surface area contributed by atoms with E-state index >= 15 is 0 Å². The molecule has 1 aromatic heterocycles. The van der Waals surface area contributed by atoms with Gasteiger partial charge in [0.25, 0.3) is 12.0 Å². The Morgan fingerprint density at radius 1 is 1.06 bits per heavy atom. The standard InChI is InChI=1S/C24H21ClF2N4O/c1-30(15-22(26)27)14-16-7-10-18(11-8-16)28-24-29-21-12-9-17(25)13-20(21)23(32)31(24)19-5-3-2-4-6-19/h2-13,22H,14-15H2,1H3,(H,28,29). The number of hydrogen-bond acceptors (Lipinski definition) is 4. The minimum atomic E-state index is -2.37. The van der Waals surface area contributed by atoms with Crippen molar-refractivity contribution in [3.05, 3.63) is 93.7 Å². The Morgan fingerprint density at radius 2 is 1.78 bits per heavy atom. The van der Waals surface area contributed by atoms with E-state index in [1.54, 1.807) is 30.1 Å². The fraction of sp³-hybridized carbons (Fsp3) is 0.167. The summed E-state index contributed by atoms with van der Waals surface area (Å²) in [6.45, 7) is 0.128. The fourth-order valence-electron chi connectivity index (χ4n) is 3.49. The molecule has 4 rings (SSSR count). The van der Waals surface area contributed by atoms with Crippen molar-refractivity contribution >= 4 is 34.1 Å². The van der Waals surface area contributed by atoms with E-state index in [1.165, 1.54) is 4.57 Å². The van der Waals surface area contributed by atoms with Crippen molar-refractivity contribution in [1.82, 2.24) is 14.5 Å². The second kappa shape index (κ2) is 9.46. The van der Waals surface area contributed by atoms with Crippen molar-refractivity contribution in [3.63, 3.8) is 0 Å². The average molecular weight is 455 g/mol. The third-order valence-corrected chi connectivity index (χ3v) is 5.19. The van der Waals surface area contributed by atoms with Crippen LogP contribution >= 0.6 is 11.6 Å². The molecule has 1 heterocycles. The smallest absolute Gasteiger partial charge is 0.267 e. The Morgan fingerprint density at radius 3 is 2.47 bits per heavy atom. The highest BCUT2D eigenvalue weighted by atomic mass is 35.5. The molecule has 164 valence electrons. The zero-order chi connectivity index (χ0) is 22.7. The van der Waals surface area contributed by atoms with Gasteiger partial charge in [-0.2, -0.15) is 0 Å². The molecule has 0 saturated carbocycles. The first-order valence-electron chi connectivity index (χ1n) is 10.0. The number of benzene rings is 3. The van der Waals surface area contributed by atoms with Gasteiger partial charge in [-0.25, -0.2) is 18.3 Å². The van der Waals surface area contributed by atoms with Crippen molar-refractivity contribution in [3.8, 4) is 5.69 Å². The number of anilines is 2. The van der Waals surface area contributed by atoms with E-state index in [4.69, 9.17) is 11.6 Å². The highest BCUT2D eigenvalue weighted by Gasteiger charge is 2.14. The van der Waals surface area contributed by atoms with Gasteiger partial charge in [0.05, 0.1) is 23.1 Å². The summed E-state index contributed by atoms with van der Waals surface area (Å²) in [4.78, 5) is 19.5. The first kappa shape index (κ1) is 21.9. The predicted octanol–water partition coefficient (Wildman–Crippen LogP) is 5.48. The highest BCUT2D eigenvalue weighted by molar-refractivity contribution is 6.31. The Bertz CT molecular complexity index is 1280. The molecule has 0 radical (unpaired) electrons. The van der Waals surface area contributed by atoms with Gasteiger partial charge >= 0.3 is 0 Å². The van der Waals surface area contributed by atoms with Gasteiger partial charge in [-0.3, -0.25) is 9.69 Å². The number of nitrogens with zero attached hydrogens (tertiary/aromatic N) is 3. The second-order valence-electron chi connectivity index (χ2n) is 7.48. The molecule has 0 aliphatic rings. The molecule has 32 heavy (non-hydrogen) atoms. The topological polar surface area (TPSA) is 50.2 Å². The largest absolute Gasteiger partial charge is 0.325 e. The normalized spacial score (nSPS) is 11.4. The number of aromatic nitrogens is 2. The van der Waals surface area contributed by atoms with E-state index in [-0.39, 0.29) is 12.1 Å². The Balaban J connectivity index is 1.70. The van der Waals surface area contributed by atoms with Crippen LogP contribution in [0, 0.1) is 0 Å². The highest BCUT2D eigenvalue weighted by Crippen LogP contribution is 2.22. The van der Waals surface area contributed by atoms with E-state index in [0.29, 0.717) is 34.1 Å². The predicted molar refractivity (Wildman–Crippen MR) is 124 cm³/mol. The lowest BCUT2D eigenvalue weighted by Gasteiger charge is -2.17. The van der Waals surface area contributed by atoms with Crippen LogP contribution in [0.1, 0.15) is 5.56 Å². The summed E-state index contributed by atoms with van der Waals surface area (Å²) in [5.41, 5.74) is 2.57. The number of para-hydroxylation sites is 1. The molecule has 0 aliphatic carbocycles. The minimum absolute atomic E-state index is 0.239. The molecular formula is C24H21ClF2N4O. The lowest BCUT2D eigenvalue weighted by atomic mass is 10.2. The third kappa shape index (κ3) is 4.95. The van der Waals surface area contributed by atoms with Gasteiger partial charge in [0.1, 0.15) is 0 Å². The van der Waals surface area contributed by atoms with Crippen LogP contribution in [0.3, 0.4) is 0 Å². The van der Waals surface area contributed by atoms with E-state index in [2.05, 4.69) is 10.3 Å². The summed E-state index contributed by atoms with van der Waals surface area (Å²) in [5, 5.41) is 4.10. The molecule has 1 N–H and O–H groups in total. The molecular weight excluding hydrogens is 434 g/mol. The number of hydrogen-bond donors (Lipinski definition) is 1. The molecule has 0 atom stereocenters. The summed E-state index contributed by atoms with van der Waals surface area (Å²) in [6, 6.07) is 21.6. The van der Waals surface area contributed by atoms with Gasteiger partial charge < -0.3 is 5.32 Å². The van der Waals surface area contributed by atoms with E-state index < -0.39 is 6.43 Å². The Labute approximate surface area is 188 Å². The maximum atomic E-state index is 13.3. The van der Waals surface area contributed by atoms with E-state index in [0.717, 1.165) is 11.3 Å². The SMILES string of the molecule is CN(Cc1ccc(Nc2nc3ccc(Cl)cc3c(=O)n2-c2ccccc2)cc1)CC(F)F. The second-order valence-corrected chi connectivity index (χ2v) is 7.92. The number of fused-ring (bicyclic) bond motifs is 1. The summed E-state index contributed by atoms with van der Waals surface area (Å²) in [5.74, 6) is 0.360. The van der Waals surface area contributed by atoms with Crippen LogP contribution in [0.2, 0.25) is 5.02 Å². The van der Waals surface area contributed by atoms with Gasteiger partial charge in [-0.05, 0) is 55.1 Å². The monoisotopic (exact) mass is 454 g/mol. The summed E-state index contributed by atoms with van der Waals surface area (Å²) >= 11 is 6.10. The Kier molecular flexibility index (Phi) is 6.48. The quantitative estimate of drug-likeness (QED) is 0.402. The van der Waals surface area contributed by atoms with Crippen molar-refractivity contribution < 1.29 is 8.78 Å². The minimum Gasteiger partial charge on any atom is -0.325 e. The van der Waals surface area contributed by atoms with Crippen LogP contribution in [0.25, 0.3) is 16.6 Å². The maximum absolute atomic E-state index is 13.3. The maximum Gasteiger partial charge on any atom is 0.267 e. The number of halogens is 3. The summed E-state index contributed by atoms with van der Waals surface area (Å²) < 4.78 is 26.6. The van der Waals surface area contributed by atoms with Crippen molar-refractivity contribution in [2.75, 3.05) is 18.9 Å². The van der Waals surface area contributed by atoms with E-state index in [9.17, 15) is 13.6 Å². The van der Waals surface area contributed by atoms with Crippen LogP contribution in [-0.4, -0.2) is 34.5 Å². The first-order valence-corrected chi connectivity index (χ1v) is 10.4. The fourth-order valence-corrected chi connectivity index (χ4v) is 3.66. The van der Waals surface area contributed by atoms with Gasteiger partial charge in [-0.1, -0.05) is 41.9 Å². The molecule has 4 aromatic rings. The van der Waals surface area contributed by atoms with Gasteiger partial charge in [0, 0.05) is 17.3 Å². The average Bonchev–Trinajstić information content (AvgIpc) is 2.76. The van der Waals surface area contributed by atoms with Crippen molar-refractivity contribution in [2.24, 2.45) is 0 Å². The first-order chi connectivity index (χ1) is 15.4. The summed E-state index contributed by atoms with van der Waals surface area (Å²) in [6.07, 6.45) is -2.37. The number of rotatable bonds is 7. The van der Waals surface area contributed by atoms with Gasteiger partial charge in [0.2, 0.25) is 5.95 Å². The Hall–Kier alpha value is -3.29. The lowest BCUT2D eigenvalue weighted by molar-refractivity contribution is 0.0975. The molecule has 0 unspecified atom stereocenters. The molecule has 5 nitrogen and oxygen atoms in total. The van der Waals surface area contributed by atoms with Crippen LogP contribution in [-0.2, 0) is 6.54 Å². The molecule has 0 saturated heterocycles. The zero-order valence-electron chi connectivity index (χ0n) is 17.3. The number of alkyl halides is 2. The van der Waals surface area contributed by atoms with Crippen LogP contribution in [0.15, 0.2) is 77.6 Å². The molecule has 0 amide bonds. The zero-order valence-corrected chi connectivity index (χ0v) is 18.1. The van der Waals surface area contributed by atoms with E-state index in [1.807, 2.05) is 54.6 Å².